The smallest absolute Gasteiger partial charge is 0.303 e. The largest absolute Gasteiger partial charge is 0.503 e. The molecule has 0 heterocycles. The number of halogens is 1. The molecule has 1 aromatic rings. The van der Waals surface area contributed by atoms with Gasteiger partial charge in [-0.2, -0.15) is 0 Å². The molecule has 0 radical (unpaired) electrons. The SMILES string of the molecule is COc1cc(CN(C)CCCC(=O)O)cc(Br)c1O. The van der Waals surface area contributed by atoms with Crippen LogP contribution in [0.4, 0.5) is 0 Å². The summed E-state index contributed by atoms with van der Waals surface area (Å²) >= 11 is 3.27. The summed E-state index contributed by atoms with van der Waals surface area (Å²) in [7, 11) is 3.43. The molecule has 0 aliphatic rings. The highest BCUT2D eigenvalue weighted by atomic mass is 79.9. The second kappa shape index (κ2) is 7.35. The maximum Gasteiger partial charge on any atom is 0.303 e. The van der Waals surface area contributed by atoms with Gasteiger partial charge in [-0.1, -0.05) is 0 Å². The van der Waals surface area contributed by atoms with E-state index >= 15 is 0 Å². The van der Waals surface area contributed by atoms with E-state index in [2.05, 4.69) is 15.9 Å². The quantitative estimate of drug-likeness (QED) is 0.803. The minimum absolute atomic E-state index is 0.0831. The zero-order chi connectivity index (χ0) is 14.4. The minimum atomic E-state index is -0.776. The lowest BCUT2D eigenvalue weighted by molar-refractivity contribution is -0.137. The molecule has 0 fully saturated rings. The fourth-order valence-corrected chi connectivity index (χ4v) is 2.25. The number of hydrogen-bond acceptors (Lipinski definition) is 4. The monoisotopic (exact) mass is 331 g/mol. The van der Waals surface area contributed by atoms with Gasteiger partial charge in [0.05, 0.1) is 11.6 Å². The zero-order valence-electron chi connectivity index (χ0n) is 11.0. The second-order valence-corrected chi connectivity index (χ2v) is 5.22. The average Bonchev–Trinajstić information content (AvgIpc) is 2.33. The summed E-state index contributed by atoms with van der Waals surface area (Å²) < 4.78 is 5.67. The molecule has 6 heteroatoms. The summed E-state index contributed by atoms with van der Waals surface area (Å²) in [5.74, 6) is -0.273. The van der Waals surface area contributed by atoms with Gasteiger partial charge in [-0.05, 0) is 53.6 Å². The third-order valence-electron chi connectivity index (χ3n) is 2.69. The molecule has 5 nitrogen and oxygen atoms in total. The highest BCUT2D eigenvalue weighted by Crippen LogP contribution is 2.35. The van der Waals surface area contributed by atoms with Crippen LogP contribution in [-0.4, -0.2) is 41.8 Å². The zero-order valence-corrected chi connectivity index (χ0v) is 12.6. The van der Waals surface area contributed by atoms with Crippen LogP contribution >= 0.6 is 15.9 Å². The number of phenols is 1. The van der Waals surface area contributed by atoms with Crippen molar-refractivity contribution in [1.82, 2.24) is 4.90 Å². The van der Waals surface area contributed by atoms with Crippen molar-refractivity contribution >= 4 is 21.9 Å². The summed E-state index contributed by atoms with van der Waals surface area (Å²) in [5, 5.41) is 18.3. The Morgan fingerprint density at radius 1 is 1.47 bits per heavy atom. The average molecular weight is 332 g/mol. The summed E-state index contributed by atoms with van der Waals surface area (Å²) in [5.41, 5.74) is 0.986. The van der Waals surface area contributed by atoms with Crippen molar-refractivity contribution in [3.05, 3.63) is 22.2 Å². The maximum atomic E-state index is 10.4. The van der Waals surface area contributed by atoms with Crippen LogP contribution in [0, 0.1) is 0 Å². The first kappa shape index (κ1) is 15.8. The Balaban J connectivity index is 2.61. The lowest BCUT2D eigenvalue weighted by Gasteiger charge is -2.17. The number of methoxy groups -OCH3 is 1. The summed E-state index contributed by atoms with van der Waals surface area (Å²) in [6.07, 6.45) is 0.787. The molecule has 1 rings (SSSR count). The first-order chi connectivity index (χ1) is 8.93. The molecule has 0 aromatic heterocycles. The first-order valence-corrected chi connectivity index (χ1v) is 6.69. The van der Waals surface area contributed by atoms with Crippen molar-refractivity contribution in [2.24, 2.45) is 0 Å². The Labute approximate surface area is 120 Å². The summed E-state index contributed by atoms with van der Waals surface area (Å²) in [6.45, 7) is 1.36. The second-order valence-electron chi connectivity index (χ2n) is 4.36. The fraction of sp³-hybridized carbons (Fsp3) is 0.462. The maximum absolute atomic E-state index is 10.4. The number of benzene rings is 1. The van der Waals surface area contributed by atoms with Crippen molar-refractivity contribution in [3.63, 3.8) is 0 Å². The fourth-order valence-electron chi connectivity index (χ4n) is 1.77. The number of carboxylic acid groups (broad SMARTS) is 1. The van der Waals surface area contributed by atoms with Crippen LogP contribution in [0.15, 0.2) is 16.6 Å². The van der Waals surface area contributed by atoms with E-state index in [4.69, 9.17) is 9.84 Å². The molecule has 106 valence electrons. The molecule has 0 atom stereocenters. The normalized spacial score (nSPS) is 10.7. The Kier molecular flexibility index (Phi) is 6.11. The Morgan fingerprint density at radius 3 is 2.74 bits per heavy atom. The van der Waals surface area contributed by atoms with Gasteiger partial charge in [0.2, 0.25) is 0 Å². The molecule has 0 bridgehead atoms. The van der Waals surface area contributed by atoms with Gasteiger partial charge in [-0.15, -0.1) is 0 Å². The van der Waals surface area contributed by atoms with E-state index in [-0.39, 0.29) is 12.2 Å². The third kappa shape index (κ3) is 5.08. The third-order valence-corrected chi connectivity index (χ3v) is 3.30. The van der Waals surface area contributed by atoms with E-state index in [1.54, 1.807) is 6.07 Å². The predicted octanol–water partition coefficient (Wildman–Crippen LogP) is 2.46. The number of aromatic hydroxyl groups is 1. The molecule has 0 saturated carbocycles. The minimum Gasteiger partial charge on any atom is -0.503 e. The van der Waals surface area contributed by atoms with Gasteiger partial charge in [0.25, 0.3) is 0 Å². The molecular weight excluding hydrogens is 314 g/mol. The lowest BCUT2D eigenvalue weighted by atomic mass is 10.2. The van der Waals surface area contributed by atoms with Gasteiger partial charge in [0, 0.05) is 13.0 Å². The van der Waals surface area contributed by atoms with E-state index in [9.17, 15) is 9.90 Å². The van der Waals surface area contributed by atoms with Crippen molar-refractivity contribution in [2.75, 3.05) is 20.7 Å². The van der Waals surface area contributed by atoms with Crippen LogP contribution in [0.5, 0.6) is 11.5 Å². The first-order valence-electron chi connectivity index (χ1n) is 5.89. The van der Waals surface area contributed by atoms with E-state index in [0.29, 0.717) is 29.7 Å². The topological polar surface area (TPSA) is 70.0 Å². The number of aliphatic carboxylic acids is 1. The van der Waals surface area contributed by atoms with Gasteiger partial charge in [-0.3, -0.25) is 4.79 Å². The van der Waals surface area contributed by atoms with Crippen molar-refractivity contribution < 1.29 is 19.7 Å². The van der Waals surface area contributed by atoms with Gasteiger partial charge in [0.15, 0.2) is 11.5 Å². The highest BCUT2D eigenvalue weighted by molar-refractivity contribution is 9.10. The van der Waals surface area contributed by atoms with E-state index in [0.717, 1.165) is 5.56 Å². The number of hydrogen-bond donors (Lipinski definition) is 2. The van der Waals surface area contributed by atoms with Crippen molar-refractivity contribution in [3.8, 4) is 11.5 Å². The molecule has 0 unspecified atom stereocenters. The summed E-state index contributed by atoms with van der Waals surface area (Å²) in [6, 6.07) is 3.60. The van der Waals surface area contributed by atoms with Gasteiger partial charge in [0.1, 0.15) is 0 Å². The summed E-state index contributed by atoms with van der Waals surface area (Å²) in [4.78, 5) is 12.5. The molecular formula is C13H18BrNO4. The molecule has 0 aliphatic carbocycles. The van der Waals surface area contributed by atoms with Crippen LogP contribution in [0.2, 0.25) is 0 Å². The molecule has 0 amide bonds. The van der Waals surface area contributed by atoms with Gasteiger partial charge in [-0.25, -0.2) is 0 Å². The molecule has 0 spiro atoms. The predicted molar refractivity (Wildman–Crippen MR) is 75.6 cm³/mol. The number of phenolic OH excluding ortho intramolecular Hbond substituents is 1. The van der Waals surface area contributed by atoms with E-state index in [1.165, 1.54) is 7.11 Å². The molecule has 0 aliphatic heterocycles. The Morgan fingerprint density at radius 2 is 2.16 bits per heavy atom. The van der Waals surface area contributed by atoms with Crippen LogP contribution < -0.4 is 4.74 Å². The number of nitrogens with zero attached hydrogens (tertiary/aromatic N) is 1. The highest BCUT2D eigenvalue weighted by Gasteiger charge is 2.10. The van der Waals surface area contributed by atoms with Crippen LogP contribution in [-0.2, 0) is 11.3 Å². The number of carbonyl (C=O) groups is 1. The number of carboxylic acids is 1. The molecule has 2 N–H and O–H groups in total. The Hall–Kier alpha value is -1.27. The van der Waals surface area contributed by atoms with Crippen LogP contribution in [0.1, 0.15) is 18.4 Å². The van der Waals surface area contributed by atoms with Crippen molar-refractivity contribution in [1.29, 1.82) is 0 Å². The molecule has 1 aromatic carbocycles. The van der Waals surface area contributed by atoms with Gasteiger partial charge >= 0.3 is 5.97 Å². The standard InChI is InChI=1S/C13H18BrNO4/c1-15(5-3-4-12(16)17)8-9-6-10(14)13(18)11(7-9)19-2/h6-7,18H,3-5,8H2,1-2H3,(H,16,17). The number of ether oxygens (including phenoxy) is 1. The van der Waals surface area contributed by atoms with E-state index < -0.39 is 5.97 Å². The molecule has 0 saturated heterocycles. The Bertz CT molecular complexity index is 451. The van der Waals surface area contributed by atoms with Crippen LogP contribution in [0.3, 0.4) is 0 Å². The van der Waals surface area contributed by atoms with Gasteiger partial charge < -0.3 is 19.8 Å². The van der Waals surface area contributed by atoms with Crippen molar-refractivity contribution in [2.45, 2.75) is 19.4 Å². The van der Waals surface area contributed by atoms with E-state index in [1.807, 2.05) is 18.0 Å². The number of rotatable bonds is 7. The molecule has 19 heavy (non-hydrogen) atoms. The van der Waals surface area contributed by atoms with Crippen LogP contribution in [0.25, 0.3) is 0 Å². The lowest BCUT2D eigenvalue weighted by Crippen LogP contribution is -2.19.